The maximum atomic E-state index is 6.02. The van der Waals surface area contributed by atoms with Gasteiger partial charge in [0.1, 0.15) is 5.75 Å². The molecule has 1 atom stereocenters. The van der Waals surface area contributed by atoms with Gasteiger partial charge < -0.3 is 15.8 Å². The van der Waals surface area contributed by atoms with Crippen molar-refractivity contribution in [2.45, 2.75) is 13.0 Å². The van der Waals surface area contributed by atoms with Crippen molar-refractivity contribution in [3.63, 3.8) is 0 Å². The number of hydrogen-bond donors (Lipinski definition) is 2. The van der Waals surface area contributed by atoms with Crippen molar-refractivity contribution in [3.05, 3.63) is 22.2 Å². The summed E-state index contributed by atoms with van der Waals surface area (Å²) < 4.78 is 5.04. The molecule has 3 N–H and O–H groups in total. The molecule has 1 aromatic carbocycles. The molecule has 3 nitrogen and oxygen atoms in total. The first-order valence-electron chi connectivity index (χ1n) is 4.57. The van der Waals surface area contributed by atoms with Gasteiger partial charge in [0, 0.05) is 18.7 Å². The first-order valence-corrected chi connectivity index (χ1v) is 5.32. The Hall–Kier alpha value is -0.640. The fraction of sp³-hybridized carbons (Fsp3) is 0.400. The predicted octanol–water partition coefficient (Wildman–Crippen LogP) is 2.76. The van der Waals surface area contributed by atoms with E-state index in [0.717, 1.165) is 5.69 Å². The average molecular weight is 249 g/mol. The van der Waals surface area contributed by atoms with Crippen LogP contribution in [-0.2, 0) is 0 Å². The van der Waals surface area contributed by atoms with Crippen LogP contribution in [-0.4, -0.2) is 19.7 Å². The lowest BCUT2D eigenvalue weighted by atomic mass is 10.2. The van der Waals surface area contributed by atoms with Crippen LogP contribution < -0.4 is 15.8 Å². The smallest absolute Gasteiger partial charge is 0.139 e. The van der Waals surface area contributed by atoms with E-state index in [1.54, 1.807) is 19.2 Å². The third-order valence-corrected chi connectivity index (χ3v) is 2.46. The summed E-state index contributed by atoms with van der Waals surface area (Å²) >= 11 is 12.0. The number of methoxy groups -OCH3 is 1. The van der Waals surface area contributed by atoms with Crippen molar-refractivity contribution in [1.29, 1.82) is 0 Å². The molecule has 0 aliphatic rings. The molecule has 0 radical (unpaired) electrons. The number of nitrogens with two attached hydrogens (primary N) is 1. The van der Waals surface area contributed by atoms with Crippen LogP contribution >= 0.6 is 23.2 Å². The molecule has 15 heavy (non-hydrogen) atoms. The molecule has 0 saturated heterocycles. The normalized spacial score (nSPS) is 12.3. The number of ether oxygens (including phenoxy) is 1. The molecule has 0 spiro atoms. The highest BCUT2D eigenvalue weighted by atomic mass is 35.5. The van der Waals surface area contributed by atoms with Gasteiger partial charge in [-0.15, -0.1) is 0 Å². The van der Waals surface area contributed by atoms with Crippen LogP contribution in [0.4, 0.5) is 5.69 Å². The van der Waals surface area contributed by atoms with Gasteiger partial charge in [0.25, 0.3) is 0 Å². The summed E-state index contributed by atoms with van der Waals surface area (Å²) in [6.45, 7) is 2.55. The molecule has 0 fully saturated rings. The highest BCUT2D eigenvalue weighted by Gasteiger charge is 2.07. The predicted molar refractivity (Wildman–Crippen MR) is 65.2 cm³/mol. The van der Waals surface area contributed by atoms with Crippen molar-refractivity contribution < 1.29 is 4.74 Å². The minimum atomic E-state index is 0.0574. The molecule has 0 aromatic heterocycles. The molecule has 1 aromatic rings. The van der Waals surface area contributed by atoms with Gasteiger partial charge in [-0.1, -0.05) is 23.2 Å². The van der Waals surface area contributed by atoms with Crippen molar-refractivity contribution in [2.24, 2.45) is 5.73 Å². The monoisotopic (exact) mass is 248 g/mol. The summed E-state index contributed by atoms with van der Waals surface area (Å²) in [5.74, 6) is 0.563. The van der Waals surface area contributed by atoms with E-state index in [1.165, 1.54) is 0 Å². The molecule has 1 unspecified atom stereocenters. The SMILES string of the molecule is COc1cc(Cl)c(NCC(C)N)cc1Cl. The molecule has 1 rings (SSSR count). The summed E-state index contributed by atoms with van der Waals surface area (Å²) in [7, 11) is 1.55. The Balaban J connectivity index is 2.85. The summed E-state index contributed by atoms with van der Waals surface area (Å²) in [6, 6.07) is 3.46. The summed E-state index contributed by atoms with van der Waals surface area (Å²) in [4.78, 5) is 0. The molecule has 0 heterocycles. The first-order chi connectivity index (χ1) is 7.04. The second kappa shape index (κ2) is 5.45. The maximum Gasteiger partial charge on any atom is 0.139 e. The van der Waals surface area contributed by atoms with E-state index in [4.69, 9.17) is 33.7 Å². The van der Waals surface area contributed by atoms with Crippen LogP contribution in [0.2, 0.25) is 10.0 Å². The minimum Gasteiger partial charge on any atom is -0.495 e. The topological polar surface area (TPSA) is 47.3 Å². The third kappa shape index (κ3) is 3.45. The van der Waals surface area contributed by atoms with Gasteiger partial charge in [-0.3, -0.25) is 0 Å². The lowest BCUT2D eigenvalue weighted by Gasteiger charge is -2.12. The summed E-state index contributed by atoms with van der Waals surface area (Å²) in [6.07, 6.45) is 0. The Morgan fingerprint density at radius 2 is 2.07 bits per heavy atom. The second-order valence-corrected chi connectivity index (χ2v) is 4.14. The van der Waals surface area contributed by atoms with Gasteiger partial charge in [0.15, 0.2) is 0 Å². The van der Waals surface area contributed by atoms with E-state index in [1.807, 2.05) is 6.92 Å². The third-order valence-electron chi connectivity index (χ3n) is 1.86. The number of rotatable bonds is 4. The van der Waals surface area contributed by atoms with E-state index in [9.17, 15) is 0 Å². The first kappa shape index (κ1) is 12.4. The van der Waals surface area contributed by atoms with E-state index in [-0.39, 0.29) is 6.04 Å². The number of nitrogens with one attached hydrogen (secondary N) is 1. The van der Waals surface area contributed by atoms with Gasteiger partial charge >= 0.3 is 0 Å². The lowest BCUT2D eigenvalue weighted by Crippen LogP contribution is -2.25. The van der Waals surface area contributed by atoms with Crippen molar-refractivity contribution in [1.82, 2.24) is 0 Å². The summed E-state index contributed by atoms with van der Waals surface area (Å²) in [5.41, 5.74) is 6.38. The van der Waals surface area contributed by atoms with Crippen LogP contribution in [0.1, 0.15) is 6.92 Å². The Kier molecular flexibility index (Phi) is 4.51. The highest BCUT2D eigenvalue weighted by Crippen LogP contribution is 2.33. The molecule has 0 saturated carbocycles. The number of anilines is 1. The standard InChI is InChI=1S/C10H14Cl2N2O/c1-6(13)5-14-9-3-8(12)10(15-2)4-7(9)11/h3-4,6,14H,5,13H2,1-2H3. The van der Waals surface area contributed by atoms with Crippen molar-refractivity contribution in [3.8, 4) is 5.75 Å². The van der Waals surface area contributed by atoms with Crippen LogP contribution in [0.5, 0.6) is 5.75 Å². The Morgan fingerprint density at radius 1 is 1.40 bits per heavy atom. The largest absolute Gasteiger partial charge is 0.495 e. The van der Waals surface area contributed by atoms with Gasteiger partial charge in [-0.2, -0.15) is 0 Å². The minimum absolute atomic E-state index is 0.0574. The molecule has 0 aliphatic carbocycles. The zero-order valence-corrected chi connectivity index (χ0v) is 10.2. The van der Waals surface area contributed by atoms with Gasteiger partial charge in [-0.05, 0) is 13.0 Å². The molecular weight excluding hydrogens is 235 g/mol. The fourth-order valence-electron chi connectivity index (χ4n) is 1.09. The van der Waals surface area contributed by atoms with Crippen molar-refractivity contribution in [2.75, 3.05) is 19.0 Å². The number of halogens is 2. The molecule has 84 valence electrons. The molecule has 5 heteroatoms. The quantitative estimate of drug-likeness (QED) is 0.862. The van der Waals surface area contributed by atoms with Gasteiger partial charge in [0.05, 0.1) is 22.8 Å². The number of benzene rings is 1. The maximum absolute atomic E-state index is 6.02. The van der Waals surface area contributed by atoms with E-state index < -0.39 is 0 Å². The highest BCUT2D eigenvalue weighted by molar-refractivity contribution is 6.36. The molecule has 0 aliphatic heterocycles. The Bertz CT molecular complexity index is 342. The second-order valence-electron chi connectivity index (χ2n) is 3.32. The zero-order valence-electron chi connectivity index (χ0n) is 8.68. The van der Waals surface area contributed by atoms with E-state index in [0.29, 0.717) is 22.3 Å². The Labute approximate surface area is 99.5 Å². The van der Waals surface area contributed by atoms with E-state index >= 15 is 0 Å². The van der Waals surface area contributed by atoms with Gasteiger partial charge in [-0.25, -0.2) is 0 Å². The Morgan fingerprint density at radius 3 is 2.60 bits per heavy atom. The van der Waals surface area contributed by atoms with Crippen LogP contribution in [0, 0.1) is 0 Å². The average Bonchev–Trinajstić information content (AvgIpc) is 2.18. The van der Waals surface area contributed by atoms with Crippen molar-refractivity contribution >= 4 is 28.9 Å². The summed E-state index contributed by atoms with van der Waals surface area (Å²) in [5, 5.41) is 4.20. The fourth-order valence-corrected chi connectivity index (χ4v) is 1.55. The lowest BCUT2D eigenvalue weighted by molar-refractivity contribution is 0.415. The number of hydrogen-bond acceptors (Lipinski definition) is 3. The molecule has 0 bridgehead atoms. The van der Waals surface area contributed by atoms with Gasteiger partial charge in [0.2, 0.25) is 0 Å². The zero-order chi connectivity index (χ0) is 11.4. The van der Waals surface area contributed by atoms with Crippen LogP contribution in [0.3, 0.4) is 0 Å². The van der Waals surface area contributed by atoms with Crippen LogP contribution in [0.25, 0.3) is 0 Å². The van der Waals surface area contributed by atoms with Crippen LogP contribution in [0.15, 0.2) is 12.1 Å². The van der Waals surface area contributed by atoms with E-state index in [2.05, 4.69) is 5.32 Å². The molecule has 0 amide bonds. The molecular formula is C10H14Cl2N2O.